The van der Waals surface area contributed by atoms with Crippen LogP contribution in [0.2, 0.25) is 0 Å². The van der Waals surface area contributed by atoms with Crippen molar-refractivity contribution in [1.29, 1.82) is 0 Å². The summed E-state index contributed by atoms with van der Waals surface area (Å²) in [6, 6.07) is 8.40. The molecule has 0 aliphatic heterocycles. The number of rotatable bonds is 5. The van der Waals surface area contributed by atoms with Crippen LogP contribution in [0.5, 0.6) is 0 Å². The van der Waals surface area contributed by atoms with E-state index in [0.717, 1.165) is 72.1 Å². The highest BCUT2D eigenvalue weighted by Crippen LogP contribution is 2.46. The second kappa shape index (κ2) is 8.61. The minimum absolute atomic E-state index is 0.0668. The number of amides is 1. The third-order valence-electron chi connectivity index (χ3n) is 7.84. The number of nitrogens with zero attached hydrogens (tertiary/aromatic N) is 6. The van der Waals surface area contributed by atoms with E-state index in [2.05, 4.69) is 55.6 Å². The van der Waals surface area contributed by atoms with E-state index in [9.17, 15) is 4.79 Å². The Morgan fingerprint density at radius 1 is 1.18 bits per heavy atom. The molecule has 7 rings (SSSR count). The number of nitrogens with one attached hydrogen (secondary N) is 2. The van der Waals surface area contributed by atoms with Crippen LogP contribution < -0.4 is 5.32 Å². The molecule has 10 nitrogen and oxygen atoms in total. The third kappa shape index (κ3) is 3.96. The topological polar surface area (TPSA) is 127 Å². The molecule has 1 amide bonds. The fraction of sp³-hybridized carbons (Fsp3) is 0.357. The van der Waals surface area contributed by atoms with E-state index in [1.807, 2.05) is 19.3 Å². The lowest BCUT2D eigenvalue weighted by Crippen LogP contribution is -2.29. The molecule has 5 aromatic rings. The monoisotopic (exact) mass is 508 g/mol. The Morgan fingerprint density at radius 2 is 2.08 bits per heavy atom. The van der Waals surface area contributed by atoms with Gasteiger partial charge in [-0.25, -0.2) is 9.97 Å². The molecule has 1 fully saturated rings. The fourth-order valence-electron chi connectivity index (χ4n) is 5.32. The van der Waals surface area contributed by atoms with Crippen molar-refractivity contribution in [1.82, 2.24) is 40.2 Å². The van der Waals surface area contributed by atoms with Gasteiger partial charge in [0.15, 0.2) is 5.65 Å². The van der Waals surface area contributed by atoms with Gasteiger partial charge in [0.2, 0.25) is 5.89 Å². The molecule has 192 valence electrons. The molecule has 2 aliphatic carbocycles. The molecule has 2 N–H and O–H groups in total. The van der Waals surface area contributed by atoms with Gasteiger partial charge >= 0.3 is 0 Å². The van der Waals surface area contributed by atoms with Gasteiger partial charge in [-0.15, -0.1) is 0 Å². The van der Waals surface area contributed by atoms with Crippen LogP contribution >= 0.6 is 0 Å². The Kier molecular flexibility index (Phi) is 5.17. The number of carbonyl (C=O) groups excluding carboxylic acids is 1. The molecule has 4 heterocycles. The molecule has 1 unspecified atom stereocenters. The zero-order valence-electron chi connectivity index (χ0n) is 21.4. The highest BCUT2D eigenvalue weighted by Gasteiger charge is 2.45. The molecule has 0 bridgehead atoms. The molecule has 4 aromatic heterocycles. The summed E-state index contributed by atoms with van der Waals surface area (Å²) in [6.45, 7) is 2.08. The van der Waals surface area contributed by atoms with Crippen LogP contribution in [0.1, 0.15) is 72.7 Å². The second-order valence-corrected chi connectivity index (χ2v) is 10.7. The molecule has 10 heteroatoms. The van der Waals surface area contributed by atoms with Crippen molar-refractivity contribution in [2.24, 2.45) is 7.05 Å². The SMILES string of the molecule is Cn1cc(-c2nc3nccc(-c4ccc5c(c4)CCCCC5NC(=O)c4noc(C5(C)CC5)n4)c3[nH]2)cn1. The van der Waals surface area contributed by atoms with E-state index in [0.29, 0.717) is 11.5 Å². The predicted molar refractivity (Wildman–Crippen MR) is 140 cm³/mol. The Hall–Kier alpha value is -4.34. The van der Waals surface area contributed by atoms with Crippen LogP contribution in [-0.2, 0) is 18.9 Å². The summed E-state index contributed by atoms with van der Waals surface area (Å²) in [4.78, 5) is 30.0. The summed E-state index contributed by atoms with van der Waals surface area (Å²) < 4.78 is 7.14. The minimum Gasteiger partial charge on any atom is -0.342 e. The van der Waals surface area contributed by atoms with Gasteiger partial charge in [-0.05, 0) is 54.9 Å². The number of benzene rings is 1. The average molecular weight is 509 g/mol. The van der Waals surface area contributed by atoms with Crippen molar-refractivity contribution < 1.29 is 9.32 Å². The van der Waals surface area contributed by atoms with Gasteiger partial charge in [0.05, 0.1) is 23.3 Å². The molecule has 1 atom stereocenters. The van der Waals surface area contributed by atoms with Crippen LogP contribution in [0.4, 0.5) is 0 Å². The normalized spacial score (nSPS) is 18.2. The van der Waals surface area contributed by atoms with Gasteiger partial charge in [-0.3, -0.25) is 9.48 Å². The summed E-state index contributed by atoms with van der Waals surface area (Å²) in [5.41, 5.74) is 6.91. The van der Waals surface area contributed by atoms with Gasteiger partial charge in [0.25, 0.3) is 11.7 Å². The summed E-state index contributed by atoms with van der Waals surface area (Å²) in [5.74, 6) is 1.12. The molecular weight excluding hydrogens is 480 g/mol. The Bertz CT molecular complexity index is 1680. The molecule has 38 heavy (non-hydrogen) atoms. The summed E-state index contributed by atoms with van der Waals surface area (Å²) in [7, 11) is 1.88. The van der Waals surface area contributed by atoms with Gasteiger partial charge < -0.3 is 14.8 Å². The highest BCUT2D eigenvalue weighted by atomic mass is 16.5. The predicted octanol–water partition coefficient (Wildman–Crippen LogP) is 4.66. The third-order valence-corrected chi connectivity index (χ3v) is 7.84. The van der Waals surface area contributed by atoms with Crippen LogP contribution in [0.3, 0.4) is 0 Å². The van der Waals surface area contributed by atoms with Gasteiger partial charge in [-0.2, -0.15) is 10.1 Å². The minimum atomic E-state index is -0.289. The number of pyridine rings is 1. The van der Waals surface area contributed by atoms with E-state index in [4.69, 9.17) is 9.51 Å². The average Bonchev–Trinajstić information content (AvgIpc) is 3.28. The number of aryl methyl sites for hydroxylation is 2. The maximum Gasteiger partial charge on any atom is 0.293 e. The molecule has 0 saturated heterocycles. The smallest absolute Gasteiger partial charge is 0.293 e. The lowest BCUT2D eigenvalue weighted by atomic mass is 9.94. The first kappa shape index (κ1) is 22.8. The van der Waals surface area contributed by atoms with Crippen LogP contribution in [0.25, 0.3) is 33.7 Å². The zero-order valence-corrected chi connectivity index (χ0v) is 21.4. The number of aromatic nitrogens is 7. The first-order valence-corrected chi connectivity index (χ1v) is 13.1. The largest absolute Gasteiger partial charge is 0.342 e. The van der Waals surface area contributed by atoms with E-state index in [-0.39, 0.29) is 23.2 Å². The highest BCUT2D eigenvalue weighted by molar-refractivity contribution is 5.92. The fourth-order valence-corrected chi connectivity index (χ4v) is 5.32. The first-order valence-electron chi connectivity index (χ1n) is 13.1. The second-order valence-electron chi connectivity index (χ2n) is 10.7. The number of carbonyl (C=O) groups is 1. The summed E-state index contributed by atoms with van der Waals surface area (Å²) in [5, 5.41) is 11.4. The molecule has 1 saturated carbocycles. The maximum atomic E-state index is 13.0. The van der Waals surface area contributed by atoms with Gasteiger partial charge in [-0.1, -0.05) is 36.7 Å². The van der Waals surface area contributed by atoms with Crippen LogP contribution in [-0.4, -0.2) is 40.8 Å². The van der Waals surface area contributed by atoms with E-state index < -0.39 is 0 Å². The maximum absolute atomic E-state index is 13.0. The zero-order chi connectivity index (χ0) is 25.9. The van der Waals surface area contributed by atoms with Gasteiger partial charge in [0.1, 0.15) is 5.82 Å². The lowest BCUT2D eigenvalue weighted by Gasteiger charge is -2.19. The number of imidazole rings is 1. The van der Waals surface area contributed by atoms with Crippen molar-refractivity contribution in [2.75, 3.05) is 0 Å². The first-order chi connectivity index (χ1) is 18.5. The molecule has 0 radical (unpaired) electrons. The molecule has 0 spiro atoms. The quantitative estimate of drug-likeness (QED) is 0.331. The van der Waals surface area contributed by atoms with E-state index in [1.165, 1.54) is 5.56 Å². The van der Waals surface area contributed by atoms with Gasteiger partial charge in [0, 0.05) is 30.4 Å². The Labute approximate surface area is 218 Å². The lowest BCUT2D eigenvalue weighted by molar-refractivity contribution is 0.0921. The van der Waals surface area contributed by atoms with Crippen LogP contribution in [0.15, 0.2) is 47.4 Å². The van der Waals surface area contributed by atoms with Crippen molar-refractivity contribution in [3.05, 3.63) is 65.7 Å². The molecule has 1 aromatic carbocycles. The van der Waals surface area contributed by atoms with E-state index >= 15 is 0 Å². The van der Waals surface area contributed by atoms with E-state index in [1.54, 1.807) is 17.1 Å². The van der Waals surface area contributed by atoms with Crippen LogP contribution in [0, 0.1) is 0 Å². The number of fused-ring (bicyclic) bond motifs is 2. The number of aromatic amines is 1. The van der Waals surface area contributed by atoms with Crippen molar-refractivity contribution >= 4 is 17.1 Å². The number of H-pyrrole nitrogens is 1. The van der Waals surface area contributed by atoms with Crippen molar-refractivity contribution in [3.63, 3.8) is 0 Å². The molecule has 2 aliphatic rings. The summed E-state index contributed by atoms with van der Waals surface area (Å²) >= 11 is 0. The standard InChI is InChI=1S/C28H28N8O2/c1-28(10-11-28)27-34-25(35-38-27)26(37)31-21-6-4-3-5-16-13-17(7-8-19(16)21)20-9-12-29-24-22(20)32-23(33-24)18-14-30-36(2)15-18/h7-9,12-15,21H,3-6,10-11H2,1-2H3,(H,31,37)(H,29,32,33). The van der Waals surface area contributed by atoms with Crippen molar-refractivity contribution in [3.8, 4) is 22.5 Å². The Balaban J connectivity index is 1.19. The number of hydrogen-bond donors (Lipinski definition) is 2. The molecular formula is C28H28N8O2. The van der Waals surface area contributed by atoms with Crippen molar-refractivity contribution in [2.45, 2.75) is 56.9 Å². The summed E-state index contributed by atoms with van der Waals surface area (Å²) in [6.07, 6.45) is 11.5. The Morgan fingerprint density at radius 3 is 2.89 bits per heavy atom. The number of hydrogen-bond acceptors (Lipinski definition) is 7.